The van der Waals surface area contributed by atoms with Crippen molar-refractivity contribution in [2.24, 2.45) is 7.05 Å². The summed E-state index contributed by atoms with van der Waals surface area (Å²) in [6, 6.07) is 8.48. The molecule has 1 aromatic carbocycles. The van der Waals surface area contributed by atoms with Crippen molar-refractivity contribution in [2.45, 2.75) is 48.9 Å². The van der Waals surface area contributed by atoms with Crippen molar-refractivity contribution in [1.82, 2.24) is 24.5 Å². The molecule has 0 bridgehead atoms. The van der Waals surface area contributed by atoms with Gasteiger partial charge in [-0.3, -0.25) is 9.36 Å². The number of alkyl halides is 3. The molecule has 1 fully saturated rings. The fourth-order valence-corrected chi connectivity index (χ4v) is 5.56. The van der Waals surface area contributed by atoms with Crippen LogP contribution in [0.25, 0.3) is 22.2 Å². The summed E-state index contributed by atoms with van der Waals surface area (Å²) in [4.78, 5) is 4.66. The monoisotopic (exact) mass is 548 g/mol. The number of sulfone groups is 1. The molecule has 1 aliphatic carbocycles. The number of pyridine rings is 1. The third kappa shape index (κ3) is 4.94. The van der Waals surface area contributed by atoms with Crippen LogP contribution in [0.5, 0.6) is 5.75 Å². The van der Waals surface area contributed by atoms with Gasteiger partial charge in [0.1, 0.15) is 11.5 Å². The van der Waals surface area contributed by atoms with Gasteiger partial charge >= 0.3 is 6.18 Å². The van der Waals surface area contributed by atoms with Gasteiger partial charge in [0.15, 0.2) is 21.3 Å². The van der Waals surface area contributed by atoms with Crippen LogP contribution in [0.15, 0.2) is 47.6 Å². The highest BCUT2D eigenvalue weighted by molar-refractivity contribution is 7.90. The van der Waals surface area contributed by atoms with Gasteiger partial charge in [0.2, 0.25) is 0 Å². The number of aryl methyl sites for hydroxylation is 1. The molecule has 202 valence electrons. The van der Waals surface area contributed by atoms with Crippen molar-refractivity contribution in [3.05, 3.63) is 48.4 Å². The van der Waals surface area contributed by atoms with Crippen LogP contribution in [0, 0.1) is 0 Å². The lowest BCUT2D eigenvalue weighted by molar-refractivity contribution is -0.145. The summed E-state index contributed by atoms with van der Waals surface area (Å²) in [6.07, 6.45) is 1.52. The van der Waals surface area contributed by atoms with E-state index in [9.17, 15) is 21.6 Å². The molecule has 5 rings (SSSR count). The average Bonchev–Trinajstić information content (AvgIpc) is 3.44. The predicted octanol–water partition coefficient (Wildman–Crippen LogP) is 4.86. The highest BCUT2D eigenvalue weighted by atomic mass is 32.2. The van der Waals surface area contributed by atoms with Crippen LogP contribution in [-0.4, -0.2) is 52.4 Å². The molecule has 1 N–H and O–H groups in total. The number of nitrogens with zero attached hydrogens (tertiary/aromatic N) is 5. The van der Waals surface area contributed by atoms with E-state index >= 15 is 0 Å². The fraction of sp³-hybridized carbons (Fsp3) is 0.400. The summed E-state index contributed by atoms with van der Waals surface area (Å²) in [5, 5.41) is 12.5. The molecule has 0 aliphatic heterocycles. The van der Waals surface area contributed by atoms with Gasteiger partial charge < -0.3 is 10.1 Å². The predicted molar refractivity (Wildman–Crippen MR) is 136 cm³/mol. The molecule has 0 spiro atoms. The van der Waals surface area contributed by atoms with Crippen LogP contribution in [0.1, 0.15) is 37.4 Å². The minimum absolute atomic E-state index is 0.00415. The molecule has 0 atom stereocenters. The number of ether oxygens (including phenoxy) is 1. The normalized spacial score (nSPS) is 18.6. The zero-order chi connectivity index (χ0) is 27.2. The lowest BCUT2D eigenvalue weighted by Crippen LogP contribution is -2.27. The van der Waals surface area contributed by atoms with Gasteiger partial charge in [0.25, 0.3) is 0 Å². The van der Waals surface area contributed by atoms with Crippen molar-refractivity contribution >= 4 is 26.6 Å². The Balaban J connectivity index is 1.41. The number of halogens is 3. The van der Waals surface area contributed by atoms with Crippen LogP contribution in [-0.2, 0) is 23.1 Å². The quantitative estimate of drug-likeness (QED) is 0.367. The Morgan fingerprint density at radius 3 is 2.37 bits per heavy atom. The first-order valence-electron chi connectivity index (χ1n) is 12.1. The Kier molecular flexibility index (Phi) is 6.58. The van der Waals surface area contributed by atoms with Crippen molar-refractivity contribution in [1.29, 1.82) is 0 Å². The molecule has 4 aromatic rings. The highest BCUT2D eigenvalue weighted by Gasteiger charge is 2.39. The zero-order valence-electron chi connectivity index (χ0n) is 21.0. The van der Waals surface area contributed by atoms with E-state index in [0.29, 0.717) is 37.2 Å². The molecular weight excluding hydrogens is 521 g/mol. The van der Waals surface area contributed by atoms with E-state index in [4.69, 9.17) is 9.84 Å². The summed E-state index contributed by atoms with van der Waals surface area (Å²) in [5.41, 5.74) is 1.41. The summed E-state index contributed by atoms with van der Waals surface area (Å²) in [7, 11) is -0.309. The smallest absolute Gasteiger partial charge is 0.436 e. The van der Waals surface area contributed by atoms with E-state index in [1.54, 1.807) is 37.5 Å². The molecule has 0 radical (unpaired) electrons. The molecule has 1 saturated carbocycles. The maximum Gasteiger partial charge on any atom is 0.436 e. The Bertz CT molecular complexity index is 1570. The van der Waals surface area contributed by atoms with E-state index in [1.807, 2.05) is 10.7 Å². The van der Waals surface area contributed by atoms with Crippen molar-refractivity contribution in [3.63, 3.8) is 0 Å². The minimum atomic E-state index is -4.55. The van der Waals surface area contributed by atoms with Gasteiger partial charge in [0.05, 0.1) is 28.8 Å². The molecule has 3 heterocycles. The second-order valence-corrected chi connectivity index (χ2v) is 11.5. The van der Waals surface area contributed by atoms with Gasteiger partial charge in [-0.2, -0.15) is 23.4 Å². The van der Waals surface area contributed by atoms with E-state index in [0.717, 1.165) is 33.6 Å². The summed E-state index contributed by atoms with van der Waals surface area (Å²) in [6.45, 7) is 0. The maximum atomic E-state index is 13.4. The average molecular weight is 549 g/mol. The third-order valence-electron chi connectivity index (χ3n) is 6.86. The Labute approximate surface area is 217 Å². The van der Waals surface area contributed by atoms with Crippen LogP contribution in [0.3, 0.4) is 0 Å². The maximum absolute atomic E-state index is 13.4. The first-order valence-corrected chi connectivity index (χ1v) is 14.0. The lowest BCUT2D eigenvalue weighted by Gasteiger charge is -2.29. The minimum Gasteiger partial charge on any atom is -0.486 e. The molecule has 9 nitrogen and oxygen atoms in total. The number of hydrogen-bond acceptors (Lipinski definition) is 7. The number of aromatic nitrogens is 5. The van der Waals surface area contributed by atoms with Crippen LogP contribution in [0.2, 0.25) is 0 Å². The summed E-state index contributed by atoms with van der Waals surface area (Å²) < 4.78 is 72.5. The topological polar surface area (TPSA) is 104 Å². The van der Waals surface area contributed by atoms with Crippen molar-refractivity contribution in [2.75, 3.05) is 18.6 Å². The SMILES string of the molecule is CNc1cc2c(cn1)c(-c1ccc(S(C)(=O)=O)cc1)nn2[C@H]1CC[C@@H](Oc2cnn(C)c2C(F)(F)F)CC1. The van der Waals surface area contributed by atoms with E-state index in [1.165, 1.54) is 7.05 Å². The number of benzene rings is 1. The molecule has 38 heavy (non-hydrogen) atoms. The van der Waals surface area contributed by atoms with Gasteiger partial charge in [-0.05, 0) is 37.8 Å². The zero-order valence-corrected chi connectivity index (χ0v) is 21.8. The van der Waals surface area contributed by atoms with Crippen molar-refractivity contribution in [3.8, 4) is 17.0 Å². The van der Waals surface area contributed by atoms with Crippen LogP contribution in [0.4, 0.5) is 19.0 Å². The third-order valence-corrected chi connectivity index (χ3v) is 7.99. The molecule has 0 unspecified atom stereocenters. The molecule has 0 saturated heterocycles. The van der Waals surface area contributed by atoms with Gasteiger partial charge in [-0.25, -0.2) is 13.4 Å². The number of hydrogen-bond donors (Lipinski definition) is 1. The number of fused-ring (bicyclic) bond motifs is 1. The highest BCUT2D eigenvalue weighted by Crippen LogP contribution is 2.39. The first kappa shape index (κ1) is 26.0. The number of anilines is 1. The Hall–Kier alpha value is -3.61. The standard InChI is InChI=1S/C25H27F3N6O3S/c1-29-22-12-20-19(13-30-22)23(15-4-10-18(11-5-15)38(3,35)36)32-34(20)16-6-8-17(9-7-16)37-21-14-31-33(2)24(21)25(26,27)28/h4-5,10-14,16-17H,6-9H2,1-3H3,(H,29,30)/t16-,17+. The lowest BCUT2D eigenvalue weighted by atomic mass is 9.93. The molecule has 13 heteroatoms. The van der Waals surface area contributed by atoms with E-state index in [2.05, 4.69) is 15.4 Å². The van der Waals surface area contributed by atoms with Crippen LogP contribution >= 0.6 is 0 Å². The summed E-state index contributed by atoms with van der Waals surface area (Å²) in [5.74, 6) is 0.420. The number of rotatable bonds is 6. The largest absolute Gasteiger partial charge is 0.486 e. The van der Waals surface area contributed by atoms with Gasteiger partial charge in [-0.15, -0.1) is 0 Å². The number of nitrogens with one attached hydrogen (secondary N) is 1. The molecule has 3 aromatic heterocycles. The van der Waals surface area contributed by atoms with Crippen LogP contribution < -0.4 is 10.1 Å². The fourth-order valence-electron chi connectivity index (χ4n) is 4.93. The van der Waals surface area contributed by atoms with E-state index < -0.39 is 21.7 Å². The van der Waals surface area contributed by atoms with E-state index in [-0.39, 0.29) is 22.8 Å². The molecule has 1 aliphatic rings. The Morgan fingerprint density at radius 1 is 1.08 bits per heavy atom. The van der Waals surface area contributed by atoms with Gasteiger partial charge in [0, 0.05) is 43.6 Å². The van der Waals surface area contributed by atoms with Crippen molar-refractivity contribution < 1.29 is 26.3 Å². The Morgan fingerprint density at radius 2 is 1.76 bits per heavy atom. The summed E-state index contributed by atoms with van der Waals surface area (Å²) >= 11 is 0. The van der Waals surface area contributed by atoms with Gasteiger partial charge in [-0.1, -0.05) is 12.1 Å². The second kappa shape index (κ2) is 9.61. The first-order chi connectivity index (χ1) is 18.0. The molecule has 0 amide bonds. The second-order valence-electron chi connectivity index (χ2n) is 9.45. The molecular formula is C25H27F3N6O3S.